The average Bonchev–Trinajstić information content (AvgIpc) is 2.60. The van der Waals surface area contributed by atoms with E-state index < -0.39 is 29.6 Å². The van der Waals surface area contributed by atoms with Crippen LogP contribution in [0.3, 0.4) is 0 Å². The second kappa shape index (κ2) is 11.5. The summed E-state index contributed by atoms with van der Waals surface area (Å²) < 4.78 is 10.3. The molecule has 1 unspecified atom stereocenters. The zero-order valence-corrected chi connectivity index (χ0v) is 17.1. The SMILES string of the molecule is CSCCC(NC(=O)OC(C)(C)C)C(=O)NCC(=O)OCc1ccccc1. The molecule has 1 aromatic carbocycles. The molecule has 0 heterocycles. The minimum absolute atomic E-state index is 0.140. The predicted octanol–water partition coefficient (Wildman–Crippen LogP) is 2.49. The topological polar surface area (TPSA) is 93.7 Å². The van der Waals surface area contributed by atoms with Gasteiger partial charge in [0.05, 0.1) is 0 Å². The smallest absolute Gasteiger partial charge is 0.408 e. The maximum absolute atomic E-state index is 12.3. The van der Waals surface area contributed by atoms with Crippen molar-refractivity contribution >= 4 is 29.7 Å². The van der Waals surface area contributed by atoms with Crippen molar-refractivity contribution in [3.63, 3.8) is 0 Å². The summed E-state index contributed by atoms with van der Waals surface area (Å²) in [6, 6.07) is 8.48. The van der Waals surface area contributed by atoms with Crippen LogP contribution in [0.2, 0.25) is 0 Å². The molecule has 8 heteroatoms. The minimum atomic E-state index is -0.783. The second-order valence-electron chi connectivity index (χ2n) is 6.84. The first-order valence-electron chi connectivity index (χ1n) is 8.67. The quantitative estimate of drug-likeness (QED) is 0.623. The van der Waals surface area contributed by atoms with Crippen LogP contribution >= 0.6 is 11.8 Å². The van der Waals surface area contributed by atoms with Gasteiger partial charge in [-0.1, -0.05) is 30.3 Å². The summed E-state index contributed by atoms with van der Waals surface area (Å²) in [5.74, 6) is -0.327. The van der Waals surface area contributed by atoms with Crippen molar-refractivity contribution in [3.8, 4) is 0 Å². The molecule has 27 heavy (non-hydrogen) atoms. The maximum Gasteiger partial charge on any atom is 0.408 e. The first-order chi connectivity index (χ1) is 12.7. The number of hydrogen-bond acceptors (Lipinski definition) is 6. The molecule has 2 N–H and O–H groups in total. The standard InChI is InChI=1S/C19H28N2O5S/c1-19(2,3)26-18(24)21-15(10-11-27-4)17(23)20-12-16(22)25-13-14-8-6-5-7-9-14/h5-9,15H,10-13H2,1-4H3,(H,20,23)(H,21,24). The number of hydrogen-bond donors (Lipinski definition) is 2. The van der Waals surface area contributed by atoms with Crippen LogP contribution in [0, 0.1) is 0 Å². The number of alkyl carbamates (subject to hydrolysis) is 1. The predicted molar refractivity (Wildman–Crippen MR) is 105 cm³/mol. The fourth-order valence-corrected chi connectivity index (χ4v) is 2.50. The Kier molecular flexibility index (Phi) is 9.71. The molecule has 1 rings (SSSR count). The minimum Gasteiger partial charge on any atom is -0.460 e. The molecule has 0 aliphatic carbocycles. The van der Waals surface area contributed by atoms with Gasteiger partial charge in [-0.15, -0.1) is 0 Å². The third-order valence-corrected chi connectivity index (χ3v) is 3.91. The number of benzene rings is 1. The normalized spacial score (nSPS) is 12.0. The molecule has 0 radical (unpaired) electrons. The number of thioether (sulfide) groups is 1. The maximum atomic E-state index is 12.3. The molecule has 1 aromatic rings. The van der Waals surface area contributed by atoms with Crippen molar-refractivity contribution in [2.75, 3.05) is 18.6 Å². The van der Waals surface area contributed by atoms with Gasteiger partial charge in [0.2, 0.25) is 5.91 Å². The van der Waals surface area contributed by atoms with Crippen molar-refractivity contribution in [3.05, 3.63) is 35.9 Å². The molecule has 0 spiro atoms. The van der Waals surface area contributed by atoms with Crippen LogP contribution in [0.25, 0.3) is 0 Å². The second-order valence-corrected chi connectivity index (χ2v) is 7.83. The lowest BCUT2D eigenvalue weighted by atomic mass is 10.2. The Balaban J connectivity index is 2.47. The number of carbonyl (C=O) groups excluding carboxylic acids is 3. The molecular weight excluding hydrogens is 368 g/mol. The van der Waals surface area contributed by atoms with Crippen LogP contribution in [-0.4, -0.2) is 48.2 Å². The Morgan fingerprint density at radius 1 is 1.15 bits per heavy atom. The van der Waals surface area contributed by atoms with E-state index >= 15 is 0 Å². The van der Waals surface area contributed by atoms with Gasteiger partial charge in [0.15, 0.2) is 0 Å². The first kappa shape index (κ1) is 22.8. The Morgan fingerprint density at radius 3 is 2.41 bits per heavy atom. The van der Waals surface area contributed by atoms with Crippen molar-refractivity contribution < 1.29 is 23.9 Å². The van der Waals surface area contributed by atoms with E-state index in [0.29, 0.717) is 12.2 Å². The lowest BCUT2D eigenvalue weighted by Crippen LogP contribution is -2.49. The summed E-state index contributed by atoms with van der Waals surface area (Å²) in [5.41, 5.74) is 0.202. The molecule has 0 aliphatic rings. The zero-order chi connectivity index (χ0) is 20.3. The number of esters is 1. The van der Waals surface area contributed by atoms with Gasteiger partial charge in [-0.05, 0) is 44.8 Å². The number of ether oxygens (including phenoxy) is 2. The van der Waals surface area contributed by atoms with Gasteiger partial charge in [0.1, 0.15) is 24.8 Å². The van der Waals surface area contributed by atoms with Crippen molar-refractivity contribution in [1.29, 1.82) is 0 Å². The van der Waals surface area contributed by atoms with Gasteiger partial charge >= 0.3 is 12.1 Å². The van der Waals surface area contributed by atoms with Crippen LogP contribution in [0.4, 0.5) is 4.79 Å². The Hall–Kier alpha value is -2.22. The van der Waals surface area contributed by atoms with Gasteiger partial charge in [0.25, 0.3) is 0 Å². The largest absolute Gasteiger partial charge is 0.460 e. The molecule has 0 saturated heterocycles. The van der Waals surface area contributed by atoms with Gasteiger partial charge in [-0.25, -0.2) is 4.79 Å². The highest BCUT2D eigenvalue weighted by Crippen LogP contribution is 2.08. The van der Waals surface area contributed by atoms with E-state index in [1.54, 1.807) is 32.5 Å². The molecule has 150 valence electrons. The highest BCUT2D eigenvalue weighted by Gasteiger charge is 2.24. The molecule has 1 atom stereocenters. The van der Waals surface area contributed by atoms with Crippen LogP contribution in [0.5, 0.6) is 0 Å². The Morgan fingerprint density at radius 2 is 1.81 bits per heavy atom. The fraction of sp³-hybridized carbons (Fsp3) is 0.526. The van der Waals surface area contributed by atoms with Crippen molar-refractivity contribution in [2.24, 2.45) is 0 Å². The Bertz CT molecular complexity index is 616. The van der Waals surface area contributed by atoms with Crippen molar-refractivity contribution in [2.45, 2.75) is 45.4 Å². The summed E-state index contributed by atoms with van der Waals surface area (Å²) in [4.78, 5) is 36.1. The van der Waals surface area contributed by atoms with E-state index in [0.717, 1.165) is 5.56 Å². The highest BCUT2D eigenvalue weighted by molar-refractivity contribution is 7.98. The summed E-state index contributed by atoms with van der Waals surface area (Å²) in [6.45, 7) is 5.10. The summed E-state index contributed by atoms with van der Waals surface area (Å²) >= 11 is 1.55. The fourth-order valence-electron chi connectivity index (χ4n) is 2.03. The van der Waals surface area contributed by atoms with Crippen LogP contribution in [0.15, 0.2) is 30.3 Å². The van der Waals surface area contributed by atoms with Crippen molar-refractivity contribution in [1.82, 2.24) is 10.6 Å². The number of rotatable bonds is 9. The molecule has 7 nitrogen and oxygen atoms in total. The molecular formula is C19H28N2O5S. The third-order valence-electron chi connectivity index (χ3n) is 3.27. The summed E-state index contributed by atoms with van der Waals surface area (Å²) in [6.07, 6.45) is 1.66. The third kappa shape index (κ3) is 10.5. The highest BCUT2D eigenvalue weighted by atomic mass is 32.2. The van der Waals surface area contributed by atoms with E-state index in [9.17, 15) is 14.4 Å². The van der Waals surface area contributed by atoms with E-state index in [2.05, 4.69) is 10.6 Å². The van der Waals surface area contributed by atoms with E-state index in [4.69, 9.17) is 9.47 Å². The number of nitrogens with one attached hydrogen (secondary N) is 2. The summed E-state index contributed by atoms with van der Waals surface area (Å²) in [7, 11) is 0. The van der Waals surface area contributed by atoms with E-state index in [1.807, 2.05) is 36.6 Å². The number of carbonyl (C=O) groups is 3. The van der Waals surface area contributed by atoms with Gasteiger partial charge in [-0.3, -0.25) is 9.59 Å². The van der Waals surface area contributed by atoms with E-state index in [1.165, 1.54) is 0 Å². The van der Waals surface area contributed by atoms with Crippen LogP contribution in [-0.2, 0) is 25.7 Å². The Labute approximate surface area is 164 Å². The molecule has 2 amide bonds. The molecule has 0 aliphatic heterocycles. The van der Waals surface area contributed by atoms with E-state index in [-0.39, 0.29) is 13.2 Å². The lowest BCUT2D eigenvalue weighted by molar-refractivity contribution is -0.145. The number of amides is 2. The zero-order valence-electron chi connectivity index (χ0n) is 16.2. The van der Waals surface area contributed by atoms with Crippen LogP contribution < -0.4 is 10.6 Å². The van der Waals surface area contributed by atoms with Gasteiger partial charge < -0.3 is 20.1 Å². The van der Waals surface area contributed by atoms with Crippen LogP contribution in [0.1, 0.15) is 32.8 Å². The monoisotopic (exact) mass is 396 g/mol. The average molecular weight is 397 g/mol. The molecule has 0 saturated carbocycles. The first-order valence-corrected chi connectivity index (χ1v) is 10.1. The molecule has 0 fully saturated rings. The summed E-state index contributed by atoms with van der Waals surface area (Å²) in [5, 5.41) is 5.05. The molecule has 0 aromatic heterocycles. The van der Waals surface area contributed by atoms with Gasteiger partial charge in [-0.2, -0.15) is 11.8 Å². The van der Waals surface area contributed by atoms with Gasteiger partial charge in [0, 0.05) is 0 Å². The molecule has 0 bridgehead atoms. The lowest BCUT2D eigenvalue weighted by Gasteiger charge is -2.23.